The largest absolute Gasteiger partial charge is 0.478 e. The van der Waals surface area contributed by atoms with Crippen LogP contribution in [0.1, 0.15) is 92.9 Å². The lowest BCUT2D eigenvalue weighted by atomic mass is 10.1. The maximum absolute atomic E-state index is 9.60. The van der Waals surface area contributed by atoms with Crippen LogP contribution >= 0.6 is 0 Å². The molecule has 26 heavy (non-hydrogen) atoms. The average Bonchev–Trinajstić information content (AvgIpc) is 2.51. The van der Waals surface area contributed by atoms with Crippen LogP contribution in [0.25, 0.3) is 0 Å². The molecule has 0 heterocycles. The first kappa shape index (κ1) is 32.1. The fourth-order valence-corrected chi connectivity index (χ4v) is 1.21. The minimum atomic E-state index is -0.935. The van der Waals surface area contributed by atoms with E-state index in [1.807, 2.05) is 0 Å². The Morgan fingerprint density at radius 1 is 0.731 bits per heavy atom. The molecule has 0 aromatic rings. The average molecular weight is 375 g/mol. The summed E-state index contributed by atoms with van der Waals surface area (Å²) in [5.74, 6) is -1.87. The van der Waals surface area contributed by atoms with Gasteiger partial charge >= 0.3 is 11.9 Å². The van der Waals surface area contributed by atoms with E-state index in [9.17, 15) is 9.59 Å². The molecule has 0 aliphatic heterocycles. The first-order valence-corrected chi connectivity index (χ1v) is 9.39. The van der Waals surface area contributed by atoms with Crippen LogP contribution in [0.5, 0.6) is 0 Å². The molecule has 0 radical (unpaired) electrons. The van der Waals surface area contributed by atoms with Crippen molar-refractivity contribution in [1.82, 2.24) is 0 Å². The van der Waals surface area contributed by atoms with Gasteiger partial charge in [-0.3, -0.25) is 0 Å². The lowest BCUT2D eigenvalue weighted by Gasteiger charge is -1.97. The number of hydrogen-bond acceptors (Lipinski definition) is 3. The van der Waals surface area contributed by atoms with Crippen LogP contribution in [-0.4, -0.2) is 33.4 Å². The number of carboxylic acid groups (broad SMARTS) is 2. The number of rotatable bonds is 9. The van der Waals surface area contributed by atoms with Gasteiger partial charge in [-0.1, -0.05) is 78.4 Å². The zero-order valence-corrected chi connectivity index (χ0v) is 17.8. The molecule has 0 spiro atoms. The molecule has 0 unspecified atom stereocenters. The molecular formula is C21H42O5. The second kappa shape index (κ2) is 25.6. The van der Waals surface area contributed by atoms with Crippen molar-refractivity contribution in [2.75, 3.05) is 0 Å². The van der Waals surface area contributed by atoms with Crippen LogP contribution in [0.3, 0.4) is 0 Å². The number of unbranched alkanes of at least 4 members (excludes halogenated alkanes) is 7. The molecule has 0 aliphatic rings. The molecule has 0 aliphatic carbocycles. The van der Waals surface area contributed by atoms with Gasteiger partial charge in [0, 0.05) is 17.3 Å². The highest BCUT2D eigenvalue weighted by atomic mass is 16.4. The summed E-state index contributed by atoms with van der Waals surface area (Å²) in [5, 5.41) is 23.8. The van der Waals surface area contributed by atoms with Crippen molar-refractivity contribution in [3.63, 3.8) is 0 Å². The topological polar surface area (TPSA) is 94.8 Å². The minimum Gasteiger partial charge on any atom is -0.478 e. The zero-order valence-electron chi connectivity index (χ0n) is 17.8. The molecule has 0 aromatic heterocycles. The van der Waals surface area contributed by atoms with Crippen molar-refractivity contribution in [3.05, 3.63) is 24.3 Å². The Balaban J connectivity index is -0.000000132. The van der Waals surface area contributed by atoms with Gasteiger partial charge in [-0.05, 0) is 27.7 Å². The molecular weight excluding hydrogens is 332 g/mol. The molecule has 0 fully saturated rings. The van der Waals surface area contributed by atoms with Gasteiger partial charge < -0.3 is 15.3 Å². The number of carbonyl (C=O) groups is 2. The van der Waals surface area contributed by atoms with Crippen LogP contribution < -0.4 is 0 Å². The SMILES string of the molecule is C=C(C)C(=O)O.C=C(C)C(=O)O.CC(C)O.CCCCCCCCCC. The Labute approximate surface area is 160 Å². The van der Waals surface area contributed by atoms with Crippen LogP contribution in [-0.2, 0) is 9.59 Å². The Morgan fingerprint density at radius 2 is 0.885 bits per heavy atom. The summed E-state index contributed by atoms with van der Waals surface area (Å²) in [6.07, 6.45) is 11.3. The summed E-state index contributed by atoms with van der Waals surface area (Å²) in [5.41, 5.74) is 0.352. The fraction of sp³-hybridized carbons (Fsp3) is 0.714. The highest BCUT2D eigenvalue weighted by molar-refractivity contribution is 5.85. The molecule has 0 saturated heterocycles. The van der Waals surface area contributed by atoms with Crippen molar-refractivity contribution in [2.24, 2.45) is 0 Å². The highest BCUT2D eigenvalue weighted by Gasteiger charge is 1.91. The summed E-state index contributed by atoms with van der Waals surface area (Å²) in [7, 11) is 0. The van der Waals surface area contributed by atoms with Crippen molar-refractivity contribution in [1.29, 1.82) is 0 Å². The molecule has 0 atom stereocenters. The maximum Gasteiger partial charge on any atom is 0.330 e. The van der Waals surface area contributed by atoms with Crippen LogP contribution in [0.2, 0.25) is 0 Å². The third kappa shape index (κ3) is 57.1. The number of aliphatic carboxylic acids is 2. The van der Waals surface area contributed by atoms with Crippen LogP contribution in [0, 0.1) is 0 Å². The maximum atomic E-state index is 9.60. The van der Waals surface area contributed by atoms with Crippen LogP contribution in [0.15, 0.2) is 24.3 Å². The lowest BCUT2D eigenvalue weighted by molar-refractivity contribution is -0.133. The molecule has 3 N–H and O–H groups in total. The number of hydrogen-bond donors (Lipinski definition) is 3. The Hall–Kier alpha value is -1.62. The van der Waals surface area contributed by atoms with Crippen molar-refractivity contribution in [3.8, 4) is 0 Å². The van der Waals surface area contributed by atoms with E-state index in [1.54, 1.807) is 13.8 Å². The lowest BCUT2D eigenvalue weighted by Crippen LogP contribution is -1.92. The summed E-state index contributed by atoms with van der Waals surface area (Å²) in [4.78, 5) is 19.2. The van der Waals surface area contributed by atoms with Gasteiger partial charge in [-0.15, -0.1) is 0 Å². The monoisotopic (exact) mass is 374 g/mol. The number of aliphatic hydroxyl groups is 1. The van der Waals surface area contributed by atoms with E-state index in [4.69, 9.17) is 15.3 Å². The highest BCUT2D eigenvalue weighted by Crippen LogP contribution is 2.07. The van der Waals surface area contributed by atoms with Gasteiger partial charge in [0.2, 0.25) is 0 Å². The Bertz CT molecular complexity index is 301. The zero-order chi connectivity index (χ0) is 21.5. The fourth-order valence-electron chi connectivity index (χ4n) is 1.21. The molecule has 156 valence electrons. The first-order chi connectivity index (χ1) is 11.9. The van der Waals surface area contributed by atoms with Gasteiger partial charge in [-0.2, -0.15) is 0 Å². The number of carboxylic acids is 2. The molecule has 0 rings (SSSR count). The van der Waals surface area contributed by atoms with Gasteiger partial charge in [0.25, 0.3) is 0 Å². The molecule has 0 saturated carbocycles. The minimum absolute atomic E-state index is 0.167. The smallest absolute Gasteiger partial charge is 0.330 e. The molecule has 0 amide bonds. The van der Waals surface area contributed by atoms with E-state index in [1.165, 1.54) is 65.2 Å². The Kier molecular flexibility index (Phi) is 31.6. The predicted molar refractivity (Wildman–Crippen MR) is 111 cm³/mol. The van der Waals surface area contributed by atoms with E-state index in [0.717, 1.165) is 0 Å². The molecule has 5 heteroatoms. The van der Waals surface area contributed by atoms with E-state index in [0.29, 0.717) is 0 Å². The van der Waals surface area contributed by atoms with Crippen LogP contribution in [0.4, 0.5) is 0 Å². The van der Waals surface area contributed by atoms with E-state index in [2.05, 4.69) is 27.0 Å². The summed E-state index contributed by atoms with van der Waals surface area (Å²) in [6, 6.07) is 0. The second-order valence-corrected chi connectivity index (χ2v) is 6.39. The van der Waals surface area contributed by atoms with Crippen molar-refractivity contribution in [2.45, 2.75) is 99.0 Å². The third-order valence-electron chi connectivity index (χ3n) is 2.69. The summed E-state index contributed by atoms with van der Waals surface area (Å²) >= 11 is 0. The quantitative estimate of drug-likeness (QED) is 0.349. The number of aliphatic hydroxyl groups excluding tert-OH is 1. The molecule has 0 bridgehead atoms. The Morgan fingerprint density at radius 3 is 1.00 bits per heavy atom. The van der Waals surface area contributed by atoms with Gasteiger partial charge in [0.15, 0.2) is 0 Å². The second-order valence-electron chi connectivity index (χ2n) is 6.39. The summed E-state index contributed by atoms with van der Waals surface area (Å²) in [6.45, 7) is 17.2. The third-order valence-corrected chi connectivity index (χ3v) is 2.69. The summed E-state index contributed by atoms with van der Waals surface area (Å²) < 4.78 is 0. The molecule has 5 nitrogen and oxygen atoms in total. The van der Waals surface area contributed by atoms with Crippen molar-refractivity contribution < 1.29 is 24.9 Å². The standard InChI is InChI=1S/C10H22.2C4H6O2.C3H8O/c1-3-5-7-9-10-8-6-4-2;2*1-3(2)4(5)6;1-3(2)4/h3-10H2,1-2H3;2*1H2,2H3,(H,5,6);3-4H,1-2H3. The van der Waals surface area contributed by atoms with E-state index in [-0.39, 0.29) is 17.3 Å². The first-order valence-electron chi connectivity index (χ1n) is 9.39. The van der Waals surface area contributed by atoms with E-state index < -0.39 is 11.9 Å². The van der Waals surface area contributed by atoms with Gasteiger partial charge in [-0.25, -0.2) is 9.59 Å². The molecule has 0 aromatic carbocycles. The van der Waals surface area contributed by atoms with Gasteiger partial charge in [0.05, 0.1) is 0 Å². The normalized spacial score (nSPS) is 8.77. The van der Waals surface area contributed by atoms with Crippen molar-refractivity contribution >= 4 is 11.9 Å². The van der Waals surface area contributed by atoms with Gasteiger partial charge in [0.1, 0.15) is 0 Å². The predicted octanol–water partition coefficient (Wildman–Crippen LogP) is 5.83. The van der Waals surface area contributed by atoms with E-state index >= 15 is 0 Å².